The first kappa shape index (κ1) is 20.5. The fourth-order valence-electron chi connectivity index (χ4n) is 3.49. The molecule has 0 radical (unpaired) electrons. The lowest BCUT2D eigenvalue weighted by Crippen LogP contribution is -3.14. The molecule has 0 aromatic carbocycles. The zero-order valence-electron chi connectivity index (χ0n) is 16.8. The van der Waals surface area contributed by atoms with Crippen LogP contribution in [0.3, 0.4) is 0 Å². The SMILES string of the molecule is CCCCN(CCC(=O)N1CC[NH+](CC)CC1)C(=O)c1cc(C)oc1C. The van der Waals surface area contributed by atoms with Gasteiger partial charge in [-0.05, 0) is 33.3 Å². The second-order valence-corrected chi connectivity index (χ2v) is 7.21. The number of likely N-dealkylation sites (N-methyl/N-ethyl adjacent to an activating group) is 1. The molecule has 146 valence electrons. The van der Waals surface area contributed by atoms with E-state index in [4.69, 9.17) is 4.42 Å². The predicted molar refractivity (Wildman–Crippen MR) is 101 cm³/mol. The van der Waals surface area contributed by atoms with Gasteiger partial charge in [-0.3, -0.25) is 9.59 Å². The van der Waals surface area contributed by atoms with Crippen LogP contribution < -0.4 is 4.90 Å². The molecule has 26 heavy (non-hydrogen) atoms. The molecule has 0 unspecified atom stereocenters. The van der Waals surface area contributed by atoms with E-state index in [1.54, 1.807) is 11.0 Å². The largest absolute Gasteiger partial charge is 0.466 e. The normalized spacial score (nSPS) is 15.3. The number of carbonyl (C=O) groups excluding carboxylic acids is 2. The van der Waals surface area contributed by atoms with Crippen LogP contribution >= 0.6 is 0 Å². The maximum atomic E-state index is 12.9. The number of rotatable bonds is 8. The van der Waals surface area contributed by atoms with E-state index in [0.29, 0.717) is 30.8 Å². The summed E-state index contributed by atoms with van der Waals surface area (Å²) in [6.45, 7) is 13.9. The van der Waals surface area contributed by atoms with Crippen molar-refractivity contribution >= 4 is 11.8 Å². The van der Waals surface area contributed by atoms with Crippen molar-refractivity contribution in [3.8, 4) is 0 Å². The summed E-state index contributed by atoms with van der Waals surface area (Å²) in [7, 11) is 0. The average Bonchev–Trinajstić information content (AvgIpc) is 2.99. The number of nitrogens with one attached hydrogen (secondary N) is 1. The van der Waals surface area contributed by atoms with E-state index in [-0.39, 0.29) is 11.8 Å². The molecule has 6 nitrogen and oxygen atoms in total. The van der Waals surface area contributed by atoms with Crippen molar-refractivity contribution in [3.63, 3.8) is 0 Å². The van der Waals surface area contributed by atoms with E-state index in [0.717, 1.165) is 51.3 Å². The van der Waals surface area contributed by atoms with Crippen molar-refractivity contribution < 1.29 is 18.9 Å². The summed E-state index contributed by atoms with van der Waals surface area (Å²) in [5.41, 5.74) is 0.617. The van der Waals surface area contributed by atoms with Crippen LogP contribution in [0.5, 0.6) is 0 Å². The Hall–Kier alpha value is -1.82. The van der Waals surface area contributed by atoms with Gasteiger partial charge in [0.25, 0.3) is 5.91 Å². The number of hydrogen-bond acceptors (Lipinski definition) is 3. The van der Waals surface area contributed by atoms with Gasteiger partial charge in [0, 0.05) is 19.5 Å². The molecule has 0 spiro atoms. The fraction of sp³-hybridized carbons (Fsp3) is 0.700. The summed E-state index contributed by atoms with van der Waals surface area (Å²) in [5, 5.41) is 0. The van der Waals surface area contributed by atoms with Gasteiger partial charge in [0.2, 0.25) is 5.91 Å². The first-order valence-corrected chi connectivity index (χ1v) is 9.93. The second kappa shape index (κ2) is 9.76. The standard InChI is InChI=1S/C20H33N3O3/c1-5-7-9-23(20(25)18-15-16(3)26-17(18)4)10-8-19(24)22-13-11-21(6-2)12-14-22/h15H,5-14H2,1-4H3/p+1. The molecule has 2 amide bonds. The maximum Gasteiger partial charge on any atom is 0.257 e. The first-order valence-electron chi connectivity index (χ1n) is 9.93. The minimum absolute atomic E-state index is 0.0270. The Morgan fingerprint density at radius 3 is 2.42 bits per heavy atom. The van der Waals surface area contributed by atoms with E-state index >= 15 is 0 Å². The molecule has 0 bridgehead atoms. The van der Waals surface area contributed by atoms with Crippen molar-refractivity contribution in [2.24, 2.45) is 0 Å². The summed E-state index contributed by atoms with van der Waals surface area (Å²) < 4.78 is 5.51. The topological polar surface area (TPSA) is 58.2 Å². The highest BCUT2D eigenvalue weighted by Crippen LogP contribution is 2.17. The van der Waals surface area contributed by atoms with Crippen molar-refractivity contribution in [2.45, 2.75) is 47.0 Å². The van der Waals surface area contributed by atoms with Gasteiger partial charge >= 0.3 is 0 Å². The molecule has 1 aliphatic heterocycles. The van der Waals surface area contributed by atoms with Crippen molar-refractivity contribution in [1.29, 1.82) is 0 Å². The zero-order chi connectivity index (χ0) is 19.1. The Bertz CT molecular complexity index is 603. The lowest BCUT2D eigenvalue weighted by Gasteiger charge is -2.32. The summed E-state index contributed by atoms with van der Waals surface area (Å²) in [6, 6.07) is 1.80. The van der Waals surface area contributed by atoms with E-state index in [2.05, 4.69) is 13.8 Å². The number of nitrogens with zero attached hydrogens (tertiary/aromatic N) is 2. The van der Waals surface area contributed by atoms with Crippen LogP contribution in [-0.2, 0) is 4.79 Å². The third-order valence-corrected chi connectivity index (χ3v) is 5.26. The van der Waals surface area contributed by atoms with Gasteiger partial charge in [0.05, 0.1) is 38.3 Å². The van der Waals surface area contributed by atoms with Gasteiger partial charge in [-0.2, -0.15) is 0 Å². The van der Waals surface area contributed by atoms with Crippen LogP contribution in [0, 0.1) is 13.8 Å². The highest BCUT2D eigenvalue weighted by Gasteiger charge is 2.25. The minimum Gasteiger partial charge on any atom is -0.466 e. The quantitative estimate of drug-likeness (QED) is 0.756. The molecule has 1 aliphatic rings. The molecular weight excluding hydrogens is 330 g/mol. The van der Waals surface area contributed by atoms with Crippen LogP contribution in [0.25, 0.3) is 0 Å². The van der Waals surface area contributed by atoms with Crippen LogP contribution in [-0.4, -0.2) is 67.4 Å². The number of aryl methyl sites for hydroxylation is 2. The molecule has 0 atom stereocenters. The second-order valence-electron chi connectivity index (χ2n) is 7.21. The van der Waals surface area contributed by atoms with Gasteiger partial charge in [-0.25, -0.2) is 0 Å². The molecule has 0 saturated carbocycles. The lowest BCUT2D eigenvalue weighted by molar-refractivity contribution is -0.902. The Morgan fingerprint density at radius 2 is 1.88 bits per heavy atom. The van der Waals surface area contributed by atoms with Gasteiger partial charge in [-0.1, -0.05) is 13.3 Å². The zero-order valence-corrected chi connectivity index (χ0v) is 16.8. The number of hydrogen-bond donors (Lipinski definition) is 1. The number of unbranched alkanes of at least 4 members (excludes halogenated alkanes) is 1. The Morgan fingerprint density at radius 1 is 1.19 bits per heavy atom. The third-order valence-electron chi connectivity index (χ3n) is 5.26. The number of furan rings is 1. The van der Waals surface area contributed by atoms with E-state index in [1.807, 2.05) is 23.6 Å². The van der Waals surface area contributed by atoms with Crippen molar-refractivity contribution in [2.75, 3.05) is 45.8 Å². The number of carbonyl (C=O) groups is 2. The molecule has 2 rings (SSSR count). The molecule has 6 heteroatoms. The summed E-state index contributed by atoms with van der Waals surface area (Å²) in [4.78, 5) is 30.8. The predicted octanol–water partition coefficient (Wildman–Crippen LogP) is 1.28. The van der Waals surface area contributed by atoms with Crippen LogP contribution in [0.4, 0.5) is 0 Å². The molecule has 1 aromatic rings. The fourth-order valence-corrected chi connectivity index (χ4v) is 3.49. The minimum atomic E-state index is -0.0270. The summed E-state index contributed by atoms with van der Waals surface area (Å²) in [6.07, 6.45) is 2.35. The monoisotopic (exact) mass is 364 g/mol. The van der Waals surface area contributed by atoms with Crippen LogP contribution in [0.1, 0.15) is 55.0 Å². The molecule has 1 fully saturated rings. The Labute approximate surface area is 157 Å². The highest BCUT2D eigenvalue weighted by molar-refractivity contribution is 5.95. The smallest absolute Gasteiger partial charge is 0.257 e. The van der Waals surface area contributed by atoms with Gasteiger partial charge in [-0.15, -0.1) is 0 Å². The maximum absolute atomic E-state index is 12.9. The lowest BCUT2D eigenvalue weighted by atomic mass is 10.2. The van der Waals surface area contributed by atoms with E-state index < -0.39 is 0 Å². The average molecular weight is 365 g/mol. The Balaban J connectivity index is 1.94. The summed E-state index contributed by atoms with van der Waals surface area (Å²) in [5.74, 6) is 1.53. The Kier molecular flexibility index (Phi) is 7.69. The molecule has 1 aromatic heterocycles. The number of piperazine rings is 1. The molecule has 1 N–H and O–H groups in total. The molecule has 1 saturated heterocycles. The number of amides is 2. The first-order chi connectivity index (χ1) is 12.5. The van der Waals surface area contributed by atoms with Crippen molar-refractivity contribution in [1.82, 2.24) is 9.80 Å². The highest BCUT2D eigenvalue weighted by atomic mass is 16.3. The summed E-state index contributed by atoms with van der Waals surface area (Å²) >= 11 is 0. The van der Waals surface area contributed by atoms with Gasteiger partial charge < -0.3 is 19.1 Å². The molecule has 2 heterocycles. The third kappa shape index (κ3) is 5.34. The van der Waals surface area contributed by atoms with Gasteiger partial charge in [0.15, 0.2) is 0 Å². The van der Waals surface area contributed by atoms with Crippen LogP contribution in [0.15, 0.2) is 10.5 Å². The van der Waals surface area contributed by atoms with Gasteiger partial charge in [0.1, 0.15) is 11.5 Å². The van der Waals surface area contributed by atoms with E-state index in [9.17, 15) is 9.59 Å². The van der Waals surface area contributed by atoms with E-state index in [1.165, 1.54) is 0 Å². The molecular formula is C20H34N3O3+. The van der Waals surface area contributed by atoms with Crippen molar-refractivity contribution in [3.05, 3.63) is 23.2 Å². The molecule has 0 aliphatic carbocycles. The number of quaternary nitrogens is 1. The van der Waals surface area contributed by atoms with Crippen LogP contribution in [0.2, 0.25) is 0 Å².